The third-order valence-electron chi connectivity index (χ3n) is 4.38. The predicted octanol–water partition coefficient (Wildman–Crippen LogP) is 2.20. The topological polar surface area (TPSA) is 32.3 Å². The molecule has 3 rings (SSSR count). The van der Waals surface area contributed by atoms with E-state index in [0.717, 1.165) is 24.6 Å². The fraction of sp³-hybridized carbons (Fsp3) is 0.562. The second-order valence-corrected chi connectivity index (χ2v) is 5.90. The molecule has 2 aliphatic rings. The fourth-order valence-electron chi connectivity index (χ4n) is 3.24. The summed E-state index contributed by atoms with van der Waals surface area (Å²) in [4.78, 5) is 14.0. The lowest BCUT2D eigenvalue weighted by Crippen LogP contribution is -2.34. The Morgan fingerprint density at radius 2 is 2.00 bits per heavy atom. The van der Waals surface area contributed by atoms with Crippen LogP contribution < -0.4 is 5.32 Å². The summed E-state index contributed by atoms with van der Waals surface area (Å²) in [6, 6.07) is 6.18. The summed E-state index contributed by atoms with van der Waals surface area (Å²) in [5.41, 5.74) is 3.60. The Labute approximate surface area is 115 Å². The normalized spacial score (nSPS) is 20.5. The zero-order valence-corrected chi connectivity index (χ0v) is 11.6. The van der Waals surface area contributed by atoms with Gasteiger partial charge in [0.25, 0.3) is 0 Å². The summed E-state index contributed by atoms with van der Waals surface area (Å²) in [5.74, 6) is 1.00. The van der Waals surface area contributed by atoms with Gasteiger partial charge in [-0.3, -0.25) is 9.69 Å². The van der Waals surface area contributed by atoms with Gasteiger partial charge in [0, 0.05) is 25.2 Å². The minimum absolute atomic E-state index is 0.166. The summed E-state index contributed by atoms with van der Waals surface area (Å²) >= 11 is 0. The Morgan fingerprint density at radius 3 is 2.74 bits per heavy atom. The van der Waals surface area contributed by atoms with E-state index in [1.165, 1.54) is 43.6 Å². The van der Waals surface area contributed by atoms with E-state index in [-0.39, 0.29) is 5.78 Å². The first-order valence-corrected chi connectivity index (χ1v) is 7.28. The number of piperidine rings is 1. The molecule has 0 saturated carbocycles. The van der Waals surface area contributed by atoms with Crippen LogP contribution in [0.25, 0.3) is 0 Å². The van der Waals surface area contributed by atoms with Crippen molar-refractivity contribution in [3.05, 3.63) is 34.9 Å². The van der Waals surface area contributed by atoms with E-state index in [2.05, 4.69) is 22.3 Å². The maximum Gasteiger partial charge on any atom is 0.159 e. The molecule has 2 aliphatic heterocycles. The van der Waals surface area contributed by atoms with Crippen molar-refractivity contribution in [3.8, 4) is 0 Å². The molecule has 0 spiro atoms. The second-order valence-electron chi connectivity index (χ2n) is 5.90. The van der Waals surface area contributed by atoms with E-state index >= 15 is 0 Å². The van der Waals surface area contributed by atoms with Gasteiger partial charge in [0.2, 0.25) is 0 Å². The van der Waals surface area contributed by atoms with E-state index in [1.807, 2.05) is 6.07 Å². The summed E-state index contributed by atoms with van der Waals surface area (Å²) in [6.07, 6.45) is 2.59. The van der Waals surface area contributed by atoms with E-state index < -0.39 is 0 Å². The molecule has 0 amide bonds. The zero-order chi connectivity index (χ0) is 13.2. The largest absolute Gasteiger partial charge is 0.317 e. The number of Topliss-reactive ketones (excluding diaryl/α,β-unsaturated/α-hetero) is 1. The standard InChI is InChI=1S/C16H22N2O/c1-12(19)14-2-3-15-10-18(11-16(15)8-14)9-13-4-6-17-7-5-13/h2-3,8,13,17H,4-7,9-11H2,1H3. The Hall–Kier alpha value is -1.19. The van der Waals surface area contributed by atoms with Gasteiger partial charge in [0.05, 0.1) is 0 Å². The third kappa shape index (κ3) is 2.88. The second kappa shape index (κ2) is 5.43. The lowest BCUT2D eigenvalue weighted by atomic mass is 9.98. The number of nitrogens with one attached hydrogen (secondary N) is 1. The number of rotatable bonds is 3. The predicted molar refractivity (Wildman–Crippen MR) is 76.2 cm³/mol. The van der Waals surface area contributed by atoms with Crippen LogP contribution in [0.3, 0.4) is 0 Å². The molecule has 0 bridgehead atoms. The molecule has 3 nitrogen and oxygen atoms in total. The minimum Gasteiger partial charge on any atom is -0.317 e. The zero-order valence-electron chi connectivity index (χ0n) is 11.6. The number of nitrogens with zero attached hydrogens (tertiary/aromatic N) is 1. The van der Waals surface area contributed by atoms with Gasteiger partial charge in [0.1, 0.15) is 0 Å². The molecule has 102 valence electrons. The van der Waals surface area contributed by atoms with Crippen LogP contribution in [-0.2, 0) is 13.1 Å². The van der Waals surface area contributed by atoms with E-state index in [0.29, 0.717) is 0 Å². The van der Waals surface area contributed by atoms with Crippen molar-refractivity contribution in [2.45, 2.75) is 32.9 Å². The van der Waals surface area contributed by atoms with Crippen LogP contribution in [0.2, 0.25) is 0 Å². The molecule has 0 aromatic heterocycles. The Bertz CT molecular complexity index is 478. The van der Waals surface area contributed by atoms with Crippen LogP contribution in [-0.4, -0.2) is 30.3 Å². The first-order chi connectivity index (χ1) is 9.22. The third-order valence-corrected chi connectivity index (χ3v) is 4.38. The summed E-state index contributed by atoms with van der Waals surface area (Å²) in [7, 11) is 0. The molecule has 1 fully saturated rings. The van der Waals surface area contributed by atoms with E-state index in [9.17, 15) is 4.79 Å². The highest BCUT2D eigenvalue weighted by Crippen LogP contribution is 2.26. The molecule has 1 saturated heterocycles. The molecule has 2 heterocycles. The molecule has 0 radical (unpaired) electrons. The van der Waals surface area contributed by atoms with Crippen molar-refractivity contribution >= 4 is 5.78 Å². The molecule has 3 heteroatoms. The van der Waals surface area contributed by atoms with Crippen LogP contribution in [0.5, 0.6) is 0 Å². The van der Waals surface area contributed by atoms with E-state index in [1.54, 1.807) is 6.92 Å². The van der Waals surface area contributed by atoms with Crippen molar-refractivity contribution in [2.24, 2.45) is 5.92 Å². The van der Waals surface area contributed by atoms with Crippen molar-refractivity contribution in [1.82, 2.24) is 10.2 Å². The number of hydrogen-bond donors (Lipinski definition) is 1. The smallest absolute Gasteiger partial charge is 0.159 e. The van der Waals surface area contributed by atoms with Crippen LogP contribution in [0, 0.1) is 5.92 Å². The van der Waals surface area contributed by atoms with Crippen LogP contribution >= 0.6 is 0 Å². The van der Waals surface area contributed by atoms with Gasteiger partial charge in [-0.25, -0.2) is 0 Å². The number of benzene rings is 1. The SMILES string of the molecule is CC(=O)c1ccc2c(c1)CN(CC1CCNCC1)C2. The molecule has 0 aliphatic carbocycles. The number of carbonyl (C=O) groups is 1. The quantitative estimate of drug-likeness (QED) is 0.844. The Balaban J connectivity index is 1.64. The molecule has 1 aromatic rings. The average molecular weight is 258 g/mol. The minimum atomic E-state index is 0.166. The highest BCUT2D eigenvalue weighted by atomic mass is 16.1. The van der Waals surface area contributed by atoms with Gasteiger partial charge in [-0.05, 0) is 56.0 Å². The summed E-state index contributed by atoms with van der Waals surface area (Å²) in [6.45, 7) is 7.24. The van der Waals surface area contributed by atoms with Crippen molar-refractivity contribution < 1.29 is 4.79 Å². The monoisotopic (exact) mass is 258 g/mol. The van der Waals surface area contributed by atoms with Crippen molar-refractivity contribution in [2.75, 3.05) is 19.6 Å². The number of ketones is 1. The molecule has 1 N–H and O–H groups in total. The fourth-order valence-corrected chi connectivity index (χ4v) is 3.24. The molecule has 0 unspecified atom stereocenters. The maximum atomic E-state index is 11.4. The Kier molecular flexibility index (Phi) is 3.67. The number of fused-ring (bicyclic) bond motifs is 1. The molecule has 1 aromatic carbocycles. The van der Waals surface area contributed by atoms with Crippen LogP contribution in [0.4, 0.5) is 0 Å². The summed E-state index contributed by atoms with van der Waals surface area (Å²) in [5, 5.41) is 3.42. The van der Waals surface area contributed by atoms with Crippen molar-refractivity contribution in [3.63, 3.8) is 0 Å². The van der Waals surface area contributed by atoms with Gasteiger partial charge in [-0.2, -0.15) is 0 Å². The van der Waals surface area contributed by atoms with Crippen LogP contribution in [0.1, 0.15) is 41.3 Å². The first kappa shape index (κ1) is 12.8. The molecule has 0 atom stereocenters. The molecular weight excluding hydrogens is 236 g/mol. The lowest BCUT2D eigenvalue weighted by molar-refractivity contribution is 0.101. The van der Waals surface area contributed by atoms with Gasteiger partial charge in [-0.1, -0.05) is 12.1 Å². The van der Waals surface area contributed by atoms with Crippen LogP contribution in [0.15, 0.2) is 18.2 Å². The molecular formula is C16H22N2O. The number of hydrogen-bond acceptors (Lipinski definition) is 3. The highest BCUT2D eigenvalue weighted by Gasteiger charge is 2.23. The summed E-state index contributed by atoms with van der Waals surface area (Å²) < 4.78 is 0. The maximum absolute atomic E-state index is 11.4. The molecule has 19 heavy (non-hydrogen) atoms. The highest BCUT2D eigenvalue weighted by molar-refractivity contribution is 5.94. The van der Waals surface area contributed by atoms with Gasteiger partial charge in [-0.15, -0.1) is 0 Å². The first-order valence-electron chi connectivity index (χ1n) is 7.28. The number of carbonyl (C=O) groups excluding carboxylic acids is 1. The van der Waals surface area contributed by atoms with Gasteiger partial charge < -0.3 is 5.32 Å². The van der Waals surface area contributed by atoms with Gasteiger partial charge >= 0.3 is 0 Å². The van der Waals surface area contributed by atoms with E-state index in [4.69, 9.17) is 0 Å². The Morgan fingerprint density at radius 1 is 1.26 bits per heavy atom. The average Bonchev–Trinajstić information content (AvgIpc) is 2.80. The van der Waals surface area contributed by atoms with Gasteiger partial charge in [0.15, 0.2) is 5.78 Å². The van der Waals surface area contributed by atoms with Crippen molar-refractivity contribution in [1.29, 1.82) is 0 Å². The lowest BCUT2D eigenvalue weighted by Gasteiger charge is -2.27.